The Balaban J connectivity index is 1.28. The molecule has 0 atom stereocenters. The van der Waals surface area contributed by atoms with Crippen molar-refractivity contribution in [2.45, 2.75) is 5.16 Å². The molecule has 1 amide bonds. The minimum Gasteiger partial charge on any atom is -0.353 e. The van der Waals surface area contributed by atoms with Crippen molar-refractivity contribution < 1.29 is 4.79 Å². The molecule has 3 heterocycles. The molecule has 166 valence electrons. The Morgan fingerprint density at radius 1 is 0.818 bits per heavy atom. The molecule has 0 unspecified atom stereocenters. The second-order valence-electron chi connectivity index (χ2n) is 7.69. The van der Waals surface area contributed by atoms with Crippen molar-refractivity contribution in [1.29, 1.82) is 0 Å². The maximum atomic E-state index is 13.0. The SMILES string of the molecule is O=C(CSc1nnc(-c2ccccc2)n1-c1ccccc1)N1CCN(c2ccccn2)CC1. The number of aromatic nitrogens is 4. The van der Waals surface area contributed by atoms with Crippen molar-refractivity contribution in [2.24, 2.45) is 0 Å². The number of hydrogen-bond acceptors (Lipinski definition) is 6. The summed E-state index contributed by atoms with van der Waals surface area (Å²) in [6.45, 7) is 2.95. The van der Waals surface area contributed by atoms with E-state index >= 15 is 0 Å². The number of para-hydroxylation sites is 1. The summed E-state index contributed by atoms with van der Waals surface area (Å²) in [6.07, 6.45) is 1.80. The van der Waals surface area contributed by atoms with Gasteiger partial charge in [-0.3, -0.25) is 9.36 Å². The number of thioether (sulfide) groups is 1. The van der Waals surface area contributed by atoms with Gasteiger partial charge in [0.15, 0.2) is 11.0 Å². The molecule has 1 fully saturated rings. The number of anilines is 1. The second-order valence-corrected chi connectivity index (χ2v) is 8.63. The molecule has 5 rings (SSSR count). The van der Waals surface area contributed by atoms with Crippen LogP contribution in [0.2, 0.25) is 0 Å². The monoisotopic (exact) mass is 456 g/mol. The Bertz CT molecular complexity index is 1190. The molecule has 4 aromatic rings. The van der Waals surface area contributed by atoms with E-state index < -0.39 is 0 Å². The molecule has 0 radical (unpaired) electrons. The average Bonchev–Trinajstić information content (AvgIpc) is 3.33. The topological polar surface area (TPSA) is 67.2 Å². The van der Waals surface area contributed by atoms with Crippen molar-refractivity contribution >= 4 is 23.5 Å². The first kappa shape index (κ1) is 21.2. The number of piperazine rings is 1. The molecule has 1 aliphatic heterocycles. The van der Waals surface area contributed by atoms with Crippen LogP contribution in [0.5, 0.6) is 0 Å². The van der Waals surface area contributed by atoms with Crippen LogP contribution in [0.3, 0.4) is 0 Å². The third kappa shape index (κ3) is 4.75. The smallest absolute Gasteiger partial charge is 0.233 e. The van der Waals surface area contributed by atoms with Gasteiger partial charge in [0.25, 0.3) is 0 Å². The first-order chi connectivity index (χ1) is 16.3. The maximum absolute atomic E-state index is 13.0. The van der Waals surface area contributed by atoms with Gasteiger partial charge in [-0.1, -0.05) is 66.4 Å². The van der Waals surface area contributed by atoms with E-state index in [1.807, 2.05) is 88.3 Å². The van der Waals surface area contributed by atoms with Gasteiger partial charge in [0.1, 0.15) is 5.82 Å². The molecule has 0 N–H and O–H groups in total. The van der Waals surface area contributed by atoms with Gasteiger partial charge < -0.3 is 9.80 Å². The van der Waals surface area contributed by atoms with Crippen LogP contribution >= 0.6 is 11.8 Å². The van der Waals surface area contributed by atoms with Crippen molar-refractivity contribution in [3.8, 4) is 17.1 Å². The van der Waals surface area contributed by atoms with E-state index in [2.05, 4.69) is 20.1 Å². The van der Waals surface area contributed by atoms with Crippen molar-refractivity contribution in [1.82, 2.24) is 24.6 Å². The number of amides is 1. The highest BCUT2D eigenvalue weighted by molar-refractivity contribution is 7.99. The fourth-order valence-electron chi connectivity index (χ4n) is 3.89. The summed E-state index contributed by atoms with van der Waals surface area (Å²) in [5.41, 5.74) is 1.96. The van der Waals surface area contributed by atoms with Gasteiger partial charge in [-0.05, 0) is 24.3 Å². The first-order valence-corrected chi connectivity index (χ1v) is 11.9. The van der Waals surface area contributed by atoms with E-state index in [0.29, 0.717) is 24.0 Å². The van der Waals surface area contributed by atoms with Crippen LogP contribution in [0.15, 0.2) is 90.2 Å². The third-order valence-corrected chi connectivity index (χ3v) is 6.52. The average molecular weight is 457 g/mol. The Kier molecular flexibility index (Phi) is 6.34. The van der Waals surface area contributed by atoms with Gasteiger partial charge in [-0.25, -0.2) is 4.98 Å². The first-order valence-electron chi connectivity index (χ1n) is 10.9. The number of carbonyl (C=O) groups excluding carboxylic acids is 1. The van der Waals surface area contributed by atoms with Crippen LogP contribution in [0.25, 0.3) is 17.1 Å². The zero-order valence-corrected chi connectivity index (χ0v) is 18.9. The molecule has 33 heavy (non-hydrogen) atoms. The zero-order valence-electron chi connectivity index (χ0n) is 18.1. The van der Waals surface area contributed by atoms with E-state index in [1.54, 1.807) is 6.20 Å². The molecule has 7 nitrogen and oxygen atoms in total. The summed E-state index contributed by atoms with van der Waals surface area (Å²) in [4.78, 5) is 21.5. The molecule has 0 saturated carbocycles. The number of pyridine rings is 1. The predicted molar refractivity (Wildman–Crippen MR) is 131 cm³/mol. The standard InChI is InChI=1S/C25H24N6OS/c32-23(30-17-15-29(16-18-30)22-13-7-8-14-26-22)19-33-25-28-27-24(20-9-3-1-4-10-20)31(25)21-11-5-2-6-12-21/h1-14H,15-19H2. The molecule has 0 aliphatic carbocycles. The van der Waals surface area contributed by atoms with Crippen molar-refractivity contribution in [3.05, 3.63) is 85.1 Å². The Morgan fingerprint density at radius 3 is 2.21 bits per heavy atom. The summed E-state index contributed by atoms with van der Waals surface area (Å²) in [6, 6.07) is 25.9. The van der Waals surface area contributed by atoms with E-state index in [9.17, 15) is 4.79 Å². The van der Waals surface area contributed by atoms with Crippen LogP contribution in [0.1, 0.15) is 0 Å². The number of nitrogens with zero attached hydrogens (tertiary/aromatic N) is 6. The molecule has 8 heteroatoms. The maximum Gasteiger partial charge on any atom is 0.233 e. The van der Waals surface area contributed by atoms with Gasteiger partial charge in [-0.2, -0.15) is 0 Å². The largest absolute Gasteiger partial charge is 0.353 e. The summed E-state index contributed by atoms with van der Waals surface area (Å²) >= 11 is 1.43. The lowest BCUT2D eigenvalue weighted by Crippen LogP contribution is -2.49. The highest BCUT2D eigenvalue weighted by atomic mass is 32.2. The van der Waals surface area contributed by atoms with Gasteiger partial charge in [0.05, 0.1) is 5.75 Å². The van der Waals surface area contributed by atoms with Crippen LogP contribution in [-0.2, 0) is 4.79 Å². The highest BCUT2D eigenvalue weighted by Crippen LogP contribution is 2.28. The number of rotatable bonds is 6. The zero-order chi connectivity index (χ0) is 22.5. The van der Waals surface area contributed by atoms with Crippen molar-refractivity contribution in [3.63, 3.8) is 0 Å². The molecule has 0 spiro atoms. The lowest BCUT2D eigenvalue weighted by atomic mass is 10.2. The molecule has 2 aromatic heterocycles. The molecule has 1 saturated heterocycles. The minimum absolute atomic E-state index is 0.115. The van der Waals surface area contributed by atoms with Gasteiger partial charge in [0, 0.05) is 43.6 Å². The summed E-state index contributed by atoms with van der Waals surface area (Å²) in [5.74, 6) is 2.16. The molecular formula is C25H24N6OS. The van der Waals surface area contributed by atoms with Gasteiger partial charge >= 0.3 is 0 Å². The summed E-state index contributed by atoms with van der Waals surface area (Å²) in [7, 11) is 0. The van der Waals surface area contributed by atoms with Crippen molar-refractivity contribution in [2.75, 3.05) is 36.8 Å². The van der Waals surface area contributed by atoms with E-state index in [-0.39, 0.29) is 5.91 Å². The number of carbonyl (C=O) groups is 1. The Morgan fingerprint density at radius 2 is 1.52 bits per heavy atom. The van der Waals surface area contributed by atoms with Crippen LogP contribution < -0.4 is 4.90 Å². The second kappa shape index (κ2) is 9.87. The quantitative estimate of drug-likeness (QED) is 0.412. The minimum atomic E-state index is 0.115. The fraction of sp³-hybridized carbons (Fsp3) is 0.200. The van der Waals surface area contributed by atoms with Crippen LogP contribution in [0, 0.1) is 0 Å². The lowest BCUT2D eigenvalue weighted by molar-refractivity contribution is -0.128. The van der Waals surface area contributed by atoms with E-state index in [0.717, 1.165) is 36.0 Å². The normalized spacial score (nSPS) is 13.8. The molecular weight excluding hydrogens is 432 g/mol. The Hall–Kier alpha value is -3.65. The highest BCUT2D eigenvalue weighted by Gasteiger charge is 2.23. The van der Waals surface area contributed by atoms with Gasteiger partial charge in [0.2, 0.25) is 5.91 Å². The van der Waals surface area contributed by atoms with Crippen LogP contribution in [-0.4, -0.2) is 62.5 Å². The molecule has 2 aromatic carbocycles. The molecule has 1 aliphatic rings. The third-order valence-electron chi connectivity index (χ3n) is 5.61. The van der Waals surface area contributed by atoms with E-state index in [4.69, 9.17) is 0 Å². The number of hydrogen-bond donors (Lipinski definition) is 0. The van der Waals surface area contributed by atoms with Gasteiger partial charge in [-0.15, -0.1) is 10.2 Å². The van der Waals surface area contributed by atoms with Crippen LogP contribution in [0.4, 0.5) is 5.82 Å². The van der Waals surface area contributed by atoms with E-state index in [1.165, 1.54) is 11.8 Å². The molecule has 0 bridgehead atoms. The Labute approximate surface area is 197 Å². The predicted octanol–water partition coefficient (Wildman–Crippen LogP) is 3.77. The lowest BCUT2D eigenvalue weighted by Gasteiger charge is -2.35. The summed E-state index contributed by atoms with van der Waals surface area (Å²) in [5, 5.41) is 9.59. The fourth-order valence-corrected chi connectivity index (χ4v) is 4.75. The number of benzene rings is 2. The summed E-state index contributed by atoms with van der Waals surface area (Å²) < 4.78 is 2.02.